The summed E-state index contributed by atoms with van der Waals surface area (Å²) in [6.07, 6.45) is 18.1. The maximum absolute atomic E-state index is 11.1. The highest BCUT2D eigenvalue weighted by Gasteiger charge is 2.34. The van der Waals surface area contributed by atoms with Crippen LogP contribution in [0.25, 0.3) is 0 Å². The van der Waals surface area contributed by atoms with Crippen molar-refractivity contribution in [1.29, 1.82) is 0 Å². The van der Waals surface area contributed by atoms with E-state index in [1.165, 1.54) is 70.6 Å². The lowest BCUT2D eigenvalue weighted by molar-refractivity contribution is 0.0600. The first-order chi connectivity index (χ1) is 16.7. The first-order valence-corrected chi connectivity index (χ1v) is 17.4. The molecule has 0 amide bonds. The van der Waals surface area contributed by atoms with Gasteiger partial charge in [-0.2, -0.15) is 0 Å². The van der Waals surface area contributed by atoms with E-state index < -0.39 is 29.1 Å². The Morgan fingerprint density at radius 2 is 1.23 bits per heavy atom. The van der Waals surface area contributed by atoms with Crippen LogP contribution in [0.5, 0.6) is 5.75 Å². The standard InChI is InChI=1S/C16H36P.C11H14O6S/c1-5-9-13-17(14-10-6-2,15-11-7-3)16-12-8-4;1-16-11(12)9-3-5-10(6-4-9)17-7-2-8-18(13,14)15/h5-16H2,1-4H3;3-6H,2,7-8H2,1H3,(H,13,14,15)/q+1;/p-1. The van der Waals surface area contributed by atoms with Gasteiger partial charge in [-0.1, -0.05) is 53.4 Å². The molecule has 0 atom stereocenters. The topological polar surface area (TPSA) is 92.7 Å². The fraction of sp³-hybridized carbons (Fsp3) is 0.741. The molecule has 35 heavy (non-hydrogen) atoms. The van der Waals surface area contributed by atoms with E-state index in [-0.39, 0.29) is 13.0 Å². The highest BCUT2D eigenvalue weighted by atomic mass is 32.2. The Morgan fingerprint density at radius 3 is 1.57 bits per heavy atom. The van der Waals surface area contributed by atoms with E-state index in [1.54, 1.807) is 36.8 Å². The third-order valence-corrected chi connectivity index (χ3v) is 11.9. The van der Waals surface area contributed by atoms with Crippen LogP contribution in [0.3, 0.4) is 0 Å². The Hall–Kier alpha value is -1.17. The van der Waals surface area contributed by atoms with Crippen molar-refractivity contribution in [3.05, 3.63) is 29.8 Å². The molecule has 0 bridgehead atoms. The number of benzene rings is 1. The lowest BCUT2D eigenvalue weighted by Gasteiger charge is -2.28. The largest absolute Gasteiger partial charge is 0.748 e. The van der Waals surface area contributed by atoms with Gasteiger partial charge in [0.25, 0.3) is 0 Å². The predicted octanol–water partition coefficient (Wildman–Crippen LogP) is 6.99. The first kappa shape index (κ1) is 33.8. The van der Waals surface area contributed by atoms with E-state index in [4.69, 9.17) is 4.74 Å². The molecule has 0 unspecified atom stereocenters. The summed E-state index contributed by atoms with van der Waals surface area (Å²) in [5, 5.41) is 0. The molecule has 1 aromatic rings. The summed E-state index contributed by atoms with van der Waals surface area (Å²) in [6, 6.07) is 6.20. The van der Waals surface area contributed by atoms with E-state index in [9.17, 15) is 17.8 Å². The molecule has 0 aliphatic heterocycles. The number of hydrogen-bond donors (Lipinski definition) is 0. The van der Waals surface area contributed by atoms with Crippen LogP contribution in [0, 0.1) is 0 Å². The molecule has 6 nitrogen and oxygen atoms in total. The van der Waals surface area contributed by atoms with Gasteiger partial charge in [0.15, 0.2) is 0 Å². The van der Waals surface area contributed by atoms with Crippen LogP contribution in [0.1, 0.15) is 95.8 Å². The Morgan fingerprint density at radius 1 is 0.800 bits per heavy atom. The monoisotopic (exact) mass is 532 g/mol. The highest BCUT2D eigenvalue weighted by molar-refractivity contribution is 7.85. The minimum absolute atomic E-state index is 0.124. The Labute approximate surface area is 215 Å². The van der Waals surface area contributed by atoms with Gasteiger partial charge in [0.1, 0.15) is 5.75 Å². The normalized spacial score (nSPS) is 11.5. The summed E-state index contributed by atoms with van der Waals surface area (Å²) in [7, 11) is -3.47. The van der Waals surface area contributed by atoms with E-state index in [1.807, 2.05) is 0 Å². The third kappa shape index (κ3) is 17.0. The van der Waals surface area contributed by atoms with Crippen molar-refractivity contribution in [3.63, 3.8) is 0 Å². The van der Waals surface area contributed by atoms with Crippen molar-refractivity contribution in [1.82, 2.24) is 0 Å². The van der Waals surface area contributed by atoms with Crippen molar-refractivity contribution < 1.29 is 27.2 Å². The SMILES string of the molecule is CCCC[P+](CCCC)(CCCC)CCCC.COC(=O)c1ccc(OCCCS(=O)(=O)[O-])cc1. The molecule has 1 aromatic carbocycles. The molecule has 0 aliphatic carbocycles. The zero-order valence-electron chi connectivity index (χ0n) is 22.7. The lowest BCUT2D eigenvalue weighted by atomic mass is 10.2. The van der Waals surface area contributed by atoms with Crippen molar-refractivity contribution >= 4 is 23.3 Å². The summed E-state index contributed by atoms with van der Waals surface area (Å²) in [4.78, 5) is 11.1. The number of ether oxygens (including phenoxy) is 2. The number of carbonyl (C=O) groups is 1. The molecule has 204 valence electrons. The summed E-state index contributed by atoms with van der Waals surface area (Å²) >= 11 is 0. The van der Waals surface area contributed by atoms with Gasteiger partial charge in [-0.3, -0.25) is 0 Å². The third-order valence-electron chi connectivity index (χ3n) is 6.03. The molecule has 0 saturated heterocycles. The first-order valence-electron chi connectivity index (χ1n) is 13.3. The fourth-order valence-electron chi connectivity index (χ4n) is 3.88. The van der Waals surface area contributed by atoms with Gasteiger partial charge in [-0.25, -0.2) is 13.2 Å². The number of hydrogen-bond acceptors (Lipinski definition) is 6. The maximum Gasteiger partial charge on any atom is 0.337 e. The second kappa shape index (κ2) is 20.0. The van der Waals surface area contributed by atoms with Crippen LogP contribution >= 0.6 is 7.26 Å². The summed E-state index contributed by atoms with van der Waals surface area (Å²) < 4.78 is 40.7. The van der Waals surface area contributed by atoms with Crippen molar-refractivity contribution in [2.24, 2.45) is 0 Å². The molecule has 0 saturated carbocycles. The van der Waals surface area contributed by atoms with Crippen LogP contribution in [0.15, 0.2) is 24.3 Å². The van der Waals surface area contributed by atoms with Crippen molar-refractivity contribution in [2.75, 3.05) is 44.1 Å². The van der Waals surface area contributed by atoms with Crippen LogP contribution in [0.4, 0.5) is 0 Å². The zero-order chi connectivity index (χ0) is 26.6. The minimum Gasteiger partial charge on any atom is -0.748 e. The number of unbranched alkanes of at least 4 members (excludes halogenated alkanes) is 4. The Kier molecular flexibility index (Phi) is 19.3. The van der Waals surface area contributed by atoms with Crippen LogP contribution in [-0.2, 0) is 14.9 Å². The van der Waals surface area contributed by atoms with Gasteiger partial charge >= 0.3 is 5.97 Å². The second-order valence-electron chi connectivity index (χ2n) is 9.13. The molecule has 8 heteroatoms. The second-order valence-corrected chi connectivity index (χ2v) is 15.1. The van der Waals surface area contributed by atoms with E-state index in [2.05, 4.69) is 32.4 Å². The number of carbonyl (C=O) groups excluding carboxylic acids is 1. The molecule has 0 radical (unpaired) electrons. The van der Waals surface area contributed by atoms with E-state index >= 15 is 0 Å². The van der Waals surface area contributed by atoms with Crippen LogP contribution < -0.4 is 4.74 Å². The Bertz CT molecular complexity index is 727. The van der Waals surface area contributed by atoms with Crippen LogP contribution in [-0.4, -0.2) is 63.1 Å². The average molecular weight is 533 g/mol. The molecule has 0 spiro atoms. The number of methoxy groups -OCH3 is 1. The van der Waals surface area contributed by atoms with Gasteiger partial charge in [0.05, 0.1) is 54.0 Å². The molecule has 0 fully saturated rings. The number of esters is 1. The minimum atomic E-state index is -4.19. The molecule has 0 aromatic heterocycles. The zero-order valence-corrected chi connectivity index (χ0v) is 24.4. The molecule has 1 rings (SSSR count). The van der Waals surface area contributed by atoms with Gasteiger partial charge in [0.2, 0.25) is 0 Å². The van der Waals surface area contributed by atoms with Crippen LogP contribution in [0.2, 0.25) is 0 Å². The lowest BCUT2D eigenvalue weighted by Crippen LogP contribution is -2.12. The Balaban J connectivity index is 0.000000662. The quantitative estimate of drug-likeness (QED) is 0.0875. The van der Waals surface area contributed by atoms with Gasteiger partial charge < -0.3 is 14.0 Å². The van der Waals surface area contributed by atoms with E-state index in [0.29, 0.717) is 11.3 Å². The van der Waals surface area contributed by atoms with Crippen molar-refractivity contribution in [2.45, 2.75) is 85.5 Å². The maximum atomic E-state index is 11.1. The molecular weight excluding hydrogens is 483 g/mol. The molecule has 0 aliphatic rings. The fourth-order valence-corrected chi connectivity index (χ4v) is 9.64. The van der Waals surface area contributed by atoms with Crippen molar-refractivity contribution in [3.8, 4) is 5.75 Å². The summed E-state index contributed by atoms with van der Waals surface area (Å²) in [6.45, 7) is 9.55. The average Bonchev–Trinajstić information content (AvgIpc) is 2.85. The van der Waals surface area contributed by atoms with Gasteiger partial charge in [-0.15, -0.1) is 0 Å². The highest BCUT2D eigenvalue weighted by Crippen LogP contribution is 2.61. The summed E-state index contributed by atoms with van der Waals surface area (Å²) in [5.74, 6) is -0.405. The van der Waals surface area contributed by atoms with Gasteiger partial charge in [-0.05, 0) is 56.4 Å². The number of rotatable bonds is 18. The molecule has 0 heterocycles. The van der Waals surface area contributed by atoms with Gasteiger partial charge in [0, 0.05) is 13.0 Å². The summed E-state index contributed by atoms with van der Waals surface area (Å²) in [5.41, 5.74) is 0.395. The van der Waals surface area contributed by atoms with E-state index in [0.717, 1.165) is 0 Å². The smallest absolute Gasteiger partial charge is 0.337 e. The predicted molar refractivity (Wildman–Crippen MR) is 148 cm³/mol. The molecular formula is C27H49O6PS. The molecule has 0 N–H and O–H groups in total.